The fourth-order valence-electron chi connectivity index (χ4n) is 3.57. The van der Waals surface area contributed by atoms with E-state index in [0.717, 1.165) is 17.3 Å². The van der Waals surface area contributed by atoms with E-state index in [9.17, 15) is 0 Å². The van der Waals surface area contributed by atoms with E-state index < -0.39 is 0 Å². The predicted molar refractivity (Wildman–Crippen MR) is 76.8 cm³/mol. The summed E-state index contributed by atoms with van der Waals surface area (Å²) in [5.74, 6) is 1.93. The molecule has 2 aromatic heterocycles. The maximum absolute atomic E-state index is 4.60. The van der Waals surface area contributed by atoms with Crippen LogP contribution in [0, 0.1) is 6.92 Å². The molecule has 2 atom stereocenters. The monoisotopic (exact) mass is 321 g/mol. The van der Waals surface area contributed by atoms with Gasteiger partial charge in [-0.2, -0.15) is 0 Å². The first kappa shape index (κ1) is 11.6. The third-order valence-electron chi connectivity index (χ3n) is 4.40. The van der Waals surface area contributed by atoms with Gasteiger partial charge >= 0.3 is 0 Å². The van der Waals surface area contributed by atoms with E-state index in [1.54, 1.807) is 0 Å². The van der Waals surface area contributed by atoms with Gasteiger partial charge in [0.1, 0.15) is 5.82 Å². The maximum atomic E-state index is 4.60. The number of anilines is 1. The number of fused-ring (bicyclic) bond motifs is 3. The Kier molecular flexibility index (Phi) is 2.55. The third kappa shape index (κ3) is 1.69. The van der Waals surface area contributed by atoms with Gasteiger partial charge in [0.15, 0.2) is 5.82 Å². The van der Waals surface area contributed by atoms with Crippen LogP contribution in [0.15, 0.2) is 12.4 Å². The van der Waals surface area contributed by atoms with Gasteiger partial charge in [-0.15, -0.1) is 10.2 Å². The summed E-state index contributed by atoms with van der Waals surface area (Å²) in [6.07, 6.45) is 8.73. The summed E-state index contributed by atoms with van der Waals surface area (Å²) >= 11 is 3.78. The number of alkyl halides is 1. The van der Waals surface area contributed by atoms with Crippen LogP contribution < -0.4 is 4.90 Å². The number of aryl methyl sites for hydroxylation is 1. The van der Waals surface area contributed by atoms with Gasteiger partial charge in [0.05, 0.1) is 0 Å². The van der Waals surface area contributed by atoms with Gasteiger partial charge in [0.2, 0.25) is 5.65 Å². The first-order chi connectivity index (χ1) is 9.24. The number of aromatic nitrogens is 4. The van der Waals surface area contributed by atoms with Crippen molar-refractivity contribution < 1.29 is 0 Å². The summed E-state index contributed by atoms with van der Waals surface area (Å²) in [6.45, 7) is 1.98. The van der Waals surface area contributed by atoms with E-state index in [2.05, 4.69) is 36.0 Å². The second-order valence-electron chi connectivity index (χ2n) is 5.55. The molecule has 0 radical (unpaired) electrons. The smallest absolute Gasteiger partial charge is 0.203 e. The number of piperidine rings is 1. The van der Waals surface area contributed by atoms with Crippen LogP contribution in [0.25, 0.3) is 5.65 Å². The van der Waals surface area contributed by atoms with E-state index in [4.69, 9.17) is 0 Å². The summed E-state index contributed by atoms with van der Waals surface area (Å²) < 4.78 is 2.03. The lowest BCUT2D eigenvalue weighted by molar-refractivity contribution is 0.480. The van der Waals surface area contributed by atoms with Gasteiger partial charge in [-0.25, -0.2) is 4.98 Å². The Hall–Kier alpha value is -1.17. The Morgan fingerprint density at radius 3 is 2.68 bits per heavy atom. The molecule has 6 heteroatoms. The van der Waals surface area contributed by atoms with Crippen LogP contribution >= 0.6 is 15.9 Å². The van der Waals surface area contributed by atoms with Gasteiger partial charge in [-0.3, -0.25) is 4.40 Å². The molecule has 2 fully saturated rings. The molecule has 2 unspecified atom stereocenters. The van der Waals surface area contributed by atoms with Crippen molar-refractivity contribution in [2.24, 2.45) is 0 Å². The second kappa shape index (κ2) is 4.16. The average Bonchev–Trinajstić information content (AvgIpc) is 2.89. The molecular weight excluding hydrogens is 306 g/mol. The van der Waals surface area contributed by atoms with Crippen molar-refractivity contribution >= 4 is 27.4 Å². The molecule has 5 nitrogen and oxygen atoms in total. The van der Waals surface area contributed by atoms with E-state index >= 15 is 0 Å². The van der Waals surface area contributed by atoms with Crippen molar-refractivity contribution in [3.63, 3.8) is 0 Å². The topological polar surface area (TPSA) is 46.3 Å². The molecular formula is C13H16BrN5. The predicted octanol–water partition coefficient (Wildman–Crippen LogP) is 2.33. The molecule has 2 aliphatic rings. The molecule has 2 saturated heterocycles. The second-order valence-corrected chi connectivity index (χ2v) is 6.85. The van der Waals surface area contributed by atoms with Crippen LogP contribution in [0.2, 0.25) is 0 Å². The number of rotatable bonds is 1. The molecule has 0 spiro atoms. The quantitative estimate of drug-likeness (QED) is 0.756. The Labute approximate surface area is 120 Å². The molecule has 4 rings (SSSR count). The van der Waals surface area contributed by atoms with E-state index in [0.29, 0.717) is 16.9 Å². The van der Waals surface area contributed by atoms with Crippen molar-refractivity contribution in [2.75, 3.05) is 4.90 Å². The van der Waals surface area contributed by atoms with Crippen LogP contribution in [0.5, 0.6) is 0 Å². The summed E-state index contributed by atoms with van der Waals surface area (Å²) in [5.41, 5.74) is 0.893. The minimum Gasteiger partial charge on any atom is -0.347 e. The molecule has 19 heavy (non-hydrogen) atoms. The summed E-state index contributed by atoms with van der Waals surface area (Å²) in [7, 11) is 0. The fourth-order valence-corrected chi connectivity index (χ4v) is 4.43. The fraction of sp³-hybridized carbons (Fsp3) is 0.615. The Morgan fingerprint density at radius 2 is 1.95 bits per heavy atom. The standard InChI is InChI=1S/C13H16BrN5/c1-8-16-17-13-12(15-4-5-18(8)13)19-10-2-3-11(19)7-9(14)6-10/h4-5,9-11H,2-3,6-7H2,1H3. The van der Waals surface area contributed by atoms with E-state index in [1.807, 2.05) is 23.7 Å². The molecule has 2 aliphatic heterocycles. The number of nitrogens with zero attached hydrogens (tertiary/aromatic N) is 5. The molecule has 2 bridgehead atoms. The zero-order chi connectivity index (χ0) is 13.0. The largest absolute Gasteiger partial charge is 0.347 e. The van der Waals surface area contributed by atoms with Crippen LogP contribution in [0.3, 0.4) is 0 Å². The van der Waals surface area contributed by atoms with Crippen LogP contribution in [-0.4, -0.2) is 36.5 Å². The molecule has 2 aromatic rings. The molecule has 0 N–H and O–H groups in total. The van der Waals surface area contributed by atoms with Crippen molar-refractivity contribution in [3.05, 3.63) is 18.2 Å². The van der Waals surface area contributed by atoms with Crippen LogP contribution in [0.4, 0.5) is 5.82 Å². The number of hydrogen-bond donors (Lipinski definition) is 0. The molecule has 4 heterocycles. The minimum atomic E-state index is 0.596. The lowest BCUT2D eigenvalue weighted by Gasteiger charge is -2.37. The third-order valence-corrected chi connectivity index (χ3v) is 5.15. The highest BCUT2D eigenvalue weighted by molar-refractivity contribution is 9.09. The highest BCUT2D eigenvalue weighted by atomic mass is 79.9. The summed E-state index contributed by atoms with van der Waals surface area (Å²) in [4.78, 5) is 7.74. The Balaban J connectivity index is 1.83. The first-order valence-corrected chi connectivity index (χ1v) is 7.74. The van der Waals surface area contributed by atoms with Crippen LogP contribution in [0.1, 0.15) is 31.5 Å². The highest BCUT2D eigenvalue weighted by Crippen LogP contribution is 2.41. The van der Waals surface area contributed by atoms with Gasteiger partial charge in [-0.1, -0.05) is 15.9 Å². The van der Waals surface area contributed by atoms with Crippen molar-refractivity contribution in [1.29, 1.82) is 0 Å². The molecule has 0 aromatic carbocycles. The van der Waals surface area contributed by atoms with Gasteiger partial charge in [-0.05, 0) is 32.6 Å². The zero-order valence-corrected chi connectivity index (χ0v) is 12.4. The van der Waals surface area contributed by atoms with E-state index in [1.165, 1.54) is 25.7 Å². The Morgan fingerprint density at radius 1 is 1.21 bits per heavy atom. The number of hydrogen-bond acceptors (Lipinski definition) is 4. The lowest BCUT2D eigenvalue weighted by Crippen LogP contribution is -2.44. The molecule has 100 valence electrons. The maximum Gasteiger partial charge on any atom is 0.203 e. The summed E-state index contributed by atoms with van der Waals surface area (Å²) in [6, 6.07) is 1.19. The van der Waals surface area contributed by atoms with Crippen LogP contribution in [-0.2, 0) is 0 Å². The van der Waals surface area contributed by atoms with E-state index in [-0.39, 0.29) is 0 Å². The van der Waals surface area contributed by atoms with Gasteiger partial charge in [0, 0.05) is 29.3 Å². The van der Waals surface area contributed by atoms with Crippen molar-refractivity contribution in [1.82, 2.24) is 19.6 Å². The normalized spacial score (nSPS) is 30.2. The first-order valence-electron chi connectivity index (χ1n) is 6.83. The van der Waals surface area contributed by atoms with Crippen molar-refractivity contribution in [2.45, 2.75) is 49.5 Å². The minimum absolute atomic E-state index is 0.596. The number of halogens is 1. The molecule has 0 saturated carbocycles. The van der Waals surface area contributed by atoms with Crippen molar-refractivity contribution in [3.8, 4) is 0 Å². The molecule has 0 aliphatic carbocycles. The Bertz CT molecular complexity index is 611. The molecule has 0 amide bonds. The summed E-state index contributed by atoms with van der Waals surface area (Å²) in [5, 5.41) is 8.48. The van der Waals surface area contributed by atoms with Gasteiger partial charge in [0.25, 0.3) is 0 Å². The SMILES string of the molecule is Cc1nnc2c(N3C4CCC3CC(Br)C4)nccn12. The average molecular weight is 322 g/mol. The highest BCUT2D eigenvalue weighted by Gasteiger charge is 2.41. The lowest BCUT2D eigenvalue weighted by atomic mass is 10.0. The zero-order valence-electron chi connectivity index (χ0n) is 10.8. The van der Waals surface area contributed by atoms with Gasteiger partial charge < -0.3 is 4.90 Å².